The first-order valence-corrected chi connectivity index (χ1v) is 12.3. The van der Waals surface area contributed by atoms with Crippen LogP contribution in [-0.4, -0.2) is 39.5 Å². The van der Waals surface area contributed by atoms with Crippen LogP contribution >= 0.6 is 0 Å². The minimum atomic E-state index is -1.03. The van der Waals surface area contributed by atoms with E-state index in [9.17, 15) is 23.2 Å². The number of amides is 2. The lowest BCUT2D eigenvalue weighted by Crippen LogP contribution is -2.30. The second kappa shape index (κ2) is 10.2. The third-order valence-corrected chi connectivity index (χ3v) is 6.99. The molecule has 0 unspecified atom stereocenters. The van der Waals surface area contributed by atoms with Crippen molar-refractivity contribution in [2.75, 3.05) is 7.11 Å². The third-order valence-electron chi connectivity index (χ3n) is 6.99. The monoisotopic (exact) mass is 533 g/mol. The number of aryl methyl sites for hydroxylation is 1. The van der Waals surface area contributed by atoms with E-state index in [2.05, 4.69) is 27.6 Å². The Morgan fingerprint density at radius 1 is 1.03 bits per heavy atom. The van der Waals surface area contributed by atoms with E-state index in [0.29, 0.717) is 12.0 Å². The second-order valence-corrected chi connectivity index (χ2v) is 9.39. The van der Waals surface area contributed by atoms with Gasteiger partial charge in [-0.15, -0.1) is 0 Å². The maximum Gasteiger partial charge on any atom is 0.358 e. The lowest BCUT2D eigenvalue weighted by Gasteiger charge is -2.16. The summed E-state index contributed by atoms with van der Waals surface area (Å²) in [5, 5.41) is 9.78. The molecule has 1 atom stereocenters. The van der Waals surface area contributed by atoms with Gasteiger partial charge in [0.15, 0.2) is 23.0 Å². The number of hydrogen-bond acceptors (Lipinski definition) is 6. The Hall–Kier alpha value is -4.67. The number of methoxy groups -OCH3 is 1. The van der Waals surface area contributed by atoms with Crippen molar-refractivity contribution in [3.05, 3.63) is 99.0 Å². The number of hydrogen-bond donors (Lipinski definition) is 2. The number of rotatable bonds is 6. The SMILES string of the molecule is COC(=O)c1cc2nc(C(=O)NCc3ccc(F)c(F)c3)cc(C(=O)N[C@H]3CCc4c3ccc(C)c4C)n2n1. The zero-order valence-corrected chi connectivity index (χ0v) is 21.5. The molecule has 1 aliphatic carbocycles. The standard InChI is InChI=1S/C28H25F2N5O4/c1-14-4-6-18-17(15(14)2)7-9-21(18)33-27(37)24-11-22(32-25-12-23(28(38)39-3)34-35(24)25)26(36)31-13-16-5-8-19(29)20(30)10-16/h4-6,8,10-12,21H,7,9,13H2,1-3H3,(H,31,36)(H,33,37)/t21-/m0/s1. The first-order valence-electron chi connectivity index (χ1n) is 12.3. The van der Waals surface area contributed by atoms with Gasteiger partial charge in [-0.2, -0.15) is 5.10 Å². The highest BCUT2D eigenvalue weighted by Crippen LogP contribution is 2.34. The minimum Gasteiger partial charge on any atom is -0.464 e. The molecule has 2 heterocycles. The molecular formula is C28H25F2N5O4. The smallest absolute Gasteiger partial charge is 0.358 e. The number of esters is 1. The molecule has 0 spiro atoms. The van der Waals surface area contributed by atoms with E-state index in [1.165, 1.54) is 46.5 Å². The number of aromatic nitrogens is 3. The summed E-state index contributed by atoms with van der Waals surface area (Å²) in [7, 11) is 1.20. The highest BCUT2D eigenvalue weighted by Gasteiger charge is 2.28. The van der Waals surface area contributed by atoms with Gasteiger partial charge < -0.3 is 15.4 Å². The van der Waals surface area contributed by atoms with E-state index in [0.717, 1.165) is 24.1 Å². The van der Waals surface area contributed by atoms with E-state index in [1.807, 2.05) is 19.1 Å². The van der Waals surface area contributed by atoms with E-state index < -0.39 is 29.4 Å². The fourth-order valence-electron chi connectivity index (χ4n) is 4.76. The van der Waals surface area contributed by atoms with E-state index in [1.54, 1.807) is 0 Å². The van der Waals surface area contributed by atoms with Gasteiger partial charge in [-0.05, 0) is 66.6 Å². The number of benzene rings is 2. The van der Waals surface area contributed by atoms with Crippen LogP contribution in [0.25, 0.3) is 5.65 Å². The van der Waals surface area contributed by atoms with Crippen LogP contribution in [0.1, 0.15) is 71.7 Å². The van der Waals surface area contributed by atoms with E-state index in [-0.39, 0.29) is 35.3 Å². The molecule has 2 N–H and O–H groups in total. The lowest BCUT2D eigenvalue weighted by molar-refractivity contribution is 0.0593. The van der Waals surface area contributed by atoms with Crippen LogP contribution in [0.3, 0.4) is 0 Å². The van der Waals surface area contributed by atoms with Crippen molar-refractivity contribution in [1.29, 1.82) is 0 Å². The Labute approximate surface area is 222 Å². The topological polar surface area (TPSA) is 115 Å². The Morgan fingerprint density at radius 3 is 2.56 bits per heavy atom. The average molecular weight is 534 g/mol. The van der Waals surface area contributed by atoms with Gasteiger partial charge in [-0.1, -0.05) is 18.2 Å². The molecular weight excluding hydrogens is 508 g/mol. The fraction of sp³-hybridized carbons (Fsp3) is 0.250. The van der Waals surface area contributed by atoms with Crippen LogP contribution in [0.15, 0.2) is 42.5 Å². The van der Waals surface area contributed by atoms with Gasteiger partial charge in [0.1, 0.15) is 11.4 Å². The summed E-state index contributed by atoms with van der Waals surface area (Å²) >= 11 is 0. The summed E-state index contributed by atoms with van der Waals surface area (Å²) in [5.74, 6) is -3.92. The summed E-state index contributed by atoms with van der Waals surface area (Å²) in [6, 6.07) is 9.67. The van der Waals surface area contributed by atoms with Crippen molar-refractivity contribution >= 4 is 23.4 Å². The maximum atomic E-state index is 13.5. The summed E-state index contributed by atoms with van der Waals surface area (Å²) in [5.41, 5.74) is 4.84. The molecule has 0 saturated heterocycles. The number of nitrogens with one attached hydrogen (secondary N) is 2. The normalized spacial score (nSPS) is 14.2. The predicted octanol–water partition coefficient (Wildman–Crippen LogP) is 3.76. The molecule has 4 aromatic rings. The number of fused-ring (bicyclic) bond motifs is 2. The summed E-state index contributed by atoms with van der Waals surface area (Å²) < 4.78 is 32.7. The Balaban J connectivity index is 1.46. The summed E-state index contributed by atoms with van der Waals surface area (Å²) in [4.78, 5) is 42.9. The fourth-order valence-corrected chi connectivity index (χ4v) is 4.76. The molecule has 5 rings (SSSR count). The number of carbonyl (C=O) groups excluding carboxylic acids is 3. The predicted molar refractivity (Wildman–Crippen MR) is 136 cm³/mol. The van der Waals surface area contributed by atoms with Crippen LogP contribution in [0.4, 0.5) is 8.78 Å². The number of nitrogens with zero attached hydrogens (tertiary/aromatic N) is 3. The maximum absolute atomic E-state index is 13.5. The van der Waals surface area contributed by atoms with Gasteiger partial charge in [0.05, 0.1) is 13.2 Å². The van der Waals surface area contributed by atoms with Crippen LogP contribution < -0.4 is 10.6 Å². The Kier molecular flexibility index (Phi) is 6.81. The van der Waals surface area contributed by atoms with Gasteiger partial charge in [0, 0.05) is 18.7 Å². The minimum absolute atomic E-state index is 0.00888. The zero-order valence-electron chi connectivity index (χ0n) is 21.5. The van der Waals surface area contributed by atoms with Crippen LogP contribution in [0, 0.1) is 25.5 Å². The molecule has 0 saturated carbocycles. The van der Waals surface area contributed by atoms with Crippen molar-refractivity contribution in [3.8, 4) is 0 Å². The molecule has 2 aromatic heterocycles. The van der Waals surface area contributed by atoms with Gasteiger partial charge in [0.25, 0.3) is 11.8 Å². The molecule has 11 heteroatoms. The molecule has 2 aromatic carbocycles. The van der Waals surface area contributed by atoms with Crippen LogP contribution in [0.5, 0.6) is 0 Å². The van der Waals surface area contributed by atoms with Crippen molar-refractivity contribution in [2.24, 2.45) is 0 Å². The third kappa shape index (κ3) is 4.95. The number of ether oxygens (including phenoxy) is 1. The molecule has 0 aliphatic heterocycles. The summed E-state index contributed by atoms with van der Waals surface area (Å²) in [6.07, 6.45) is 1.54. The molecule has 39 heavy (non-hydrogen) atoms. The molecule has 0 bridgehead atoms. The second-order valence-electron chi connectivity index (χ2n) is 9.39. The Bertz CT molecular complexity index is 1650. The van der Waals surface area contributed by atoms with Crippen LogP contribution in [-0.2, 0) is 17.7 Å². The van der Waals surface area contributed by atoms with Gasteiger partial charge in [-0.3, -0.25) is 9.59 Å². The Morgan fingerprint density at radius 2 is 1.82 bits per heavy atom. The van der Waals surface area contributed by atoms with E-state index >= 15 is 0 Å². The van der Waals surface area contributed by atoms with Crippen LogP contribution in [0.2, 0.25) is 0 Å². The quantitative estimate of drug-likeness (QED) is 0.365. The van der Waals surface area contributed by atoms with E-state index in [4.69, 9.17) is 4.74 Å². The highest BCUT2D eigenvalue weighted by atomic mass is 19.2. The molecule has 200 valence electrons. The number of halogens is 2. The number of carbonyl (C=O) groups is 3. The molecule has 0 fully saturated rings. The summed E-state index contributed by atoms with van der Waals surface area (Å²) in [6.45, 7) is 4.01. The zero-order chi connectivity index (χ0) is 27.8. The van der Waals surface area contributed by atoms with Gasteiger partial charge >= 0.3 is 5.97 Å². The first kappa shape index (κ1) is 26.0. The molecule has 2 amide bonds. The van der Waals surface area contributed by atoms with Crippen molar-refractivity contribution in [3.63, 3.8) is 0 Å². The van der Waals surface area contributed by atoms with Gasteiger partial charge in [-0.25, -0.2) is 23.1 Å². The lowest BCUT2D eigenvalue weighted by atomic mass is 9.99. The van der Waals surface area contributed by atoms with Crippen molar-refractivity contribution in [1.82, 2.24) is 25.2 Å². The molecule has 0 radical (unpaired) electrons. The van der Waals surface area contributed by atoms with Crippen molar-refractivity contribution < 1.29 is 27.9 Å². The molecule has 9 nitrogen and oxygen atoms in total. The largest absolute Gasteiger partial charge is 0.464 e. The van der Waals surface area contributed by atoms with Gasteiger partial charge in [0.2, 0.25) is 0 Å². The highest BCUT2D eigenvalue weighted by molar-refractivity contribution is 5.99. The van der Waals surface area contributed by atoms with Crippen molar-refractivity contribution in [2.45, 2.75) is 39.3 Å². The first-order chi connectivity index (χ1) is 18.7. The molecule has 1 aliphatic rings. The average Bonchev–Trinajstić information content (AvgIpc) is 3.54.